The van der Waals surface area contributed by atoms with Gasteiger partial charge in [0.25, 0.3) is 0 Å². The van der Waals surface area contributed by atoms with Gasteiger partial charge in [-0.25, -0.2) is 4.99 Å². The molecule has 0 saturated heterocycles. The first-order valence-electron chi connectivity index (χ1n) is 8.56. The molecule has 0 radical (unpaired) electrons. The molecular formula is C20H22N4O2. The molecule has 0 bridgehead atoms. The van der Waals surface area contributed by atoms with Crippen molar-refractivity contribution >= 4 is 5.96 Å². The summed E-state index contributed by atoms with van der Waals surface area (Å²) in [5.41, 5.74) is 2.85. The van der Waals surface area contributed by atoms with Crippen LogP contribution in [-0.2, 0) is 13.1 Å². The highest BCUT2D eigenvalue weighted by molar-refractivity contribution is 5.79. The summed E-state index contributed by atoms with van der Waals surface area (Å²) in [7, 11) is 2.00. The monoisotopic (exact) mass is 350 g/mol. The molecule has 0 spiro atoms. The van der Waals surface area contributed by atoms with E-state index in [9.17, 15) is 0 Å². The summed E-state index contributed by atoms with van der Waals surface area (Å²) in [6.07, 6.45) is 0. The average Bonchev–Trinajstić information content (AvgIpc) is 3.13. The van der Waals surface area contributed by atoms with E-state index in [-0.39, 0.29) is 6.79 Å². The number of rotatable bonds is 5. The molecule has 134 valence electrons. The molecule has 0 saturated carbocycles. The number of benzene rings is 2. The highest BCUT2D eigenvalue weighted by Crippen LogP contribution is 2.32. The van der Waals surface area contributed by atoms with E-state index in [1.165, 1.54) is 0 Å². The van der Waals surface area contributed by atoms with Crippen LogP contribution in [0.25, 0.3) is 0 Å². The van der Waals surface area contributed by atoms with Crippen LogP contribution in [0.15, 0.2) is 47.5 Å². The van der Waals surface area contributed by atoms with E-state index in [4.69, 9.17) is 19.7 Å². The Morgan fingerprint density at radius 2 is 1.88 bits per heavy atom. The Bertz CT molecular complexity index is 825. The maximum absolute atomic E-state index is 8.88. The van der Waals surface area contributed by atoms with Crippen molar-refractivity contribution < 1.29 is 9.47 Å². The third-order valence-electron chi connectivity index (χ3n) is 4.05. The lowest BCUT2D eigenvalue weighted by molar-refractivity contribution is 0.174. The molecular weight excluding hydrogens is 328 g/mol. The second-order valence-corrected chi connectivity index (χ2v) is 6.02. The van der Waals surface area contributed by atoms with E-state index in [2.05, 4.69) is 16.3 Å². The molecule has 0 amide bonds. The van der Waals surface area contributed by atoms with Crippen molar-refractivity contribution in [2.45, 2.75) is 20.0 Å². The molecule has 0 aliphatic carbocycles. The maximum Gasteiger partial charge on any atom is 0.231 e. The second-order valence-electron chi connectivity index (χ2n) is 6.02. The van der Waals surface area contributed by atoms with Gasteiger partial charge in [-0.05, 0) is 42.3 Å². The molecule has 0 atom stereocenters. The van der Waals surface area contributed by atoms with Crippen LogP contribution < -0.4 is 14.8 Å². The summed E-state index contributed by atoms with van der Waals surface area (Å²) < 4.78 is 10.8. The summed E-state index contributed by atoms with van der Waals surface area (Å²) >= 11 is 0. The maximum atomic E-state index is 8.88. The zero-order valence-electron chi connectivity index (χ0n) is 15.0. The van der Waals surface area contributed by atoms with Crippen LogP contribution in [0.3, 0.4) is 0 Å². The van der Waals surface area contributed by atoms with Gasteiger partial charge in [0, 0.05) is 20.1 Å². The Balaban J connectivity index is 1.68. The third kappa shape index (κ3) is 4.25. The smallest absolute Gasteiger partial charge is 0.231 e. The molecule has 2 aromatic carbocycles. The highest BCUT2D eigenvalue weighted by Gasteiger charge is 2.14. The largest absolute Gasteiger partial charge is 0.454 e. The summed E-state index contributed by atoms with van der Waals surface area (Å²) in [5, 5.41) is 12.2. The number of fused-ring (bicyclic) bond motifs is 1. The van der Waals surface area contributed by atoms with Crippen LogP contribution in [0, 0.1) is 11.3 Å². The molecule has 6 nitrogen and oxygen atoms in total. The SMILES string of the molecule is CCNC(=NCc1ccc(C#N)cc1)N(C)Cc1ccc2c(c1)OCO2. The first-order chi connectivity index (χ1) is 12.7. The fourth-order valence-corrected chi connectivity index (χ4v) is 2.71. The minimum atomic E-state index is 0.281. The van der Waals surface area contributed by atoms with Crippen LogP contribution in [0.2, 0.25) is 0 Å². The van der Waals surface area contributed by atoms with Gasteiger partial charge < -0.3 is 19.7 Å². The van der Waals surface area contributed by atoms with Crippen molar-refractivity contribution in [1.29, 1.82) is 5.26 Å². The number of hydrogen-bond donors (Lipinski definition) is 1. The van der Waals surface area contributed by atoms with Gasteiger partial charge in [-0.2, -0.15) is 5.26 Å². The number of guanidine groups is 1. The lowest BCUT2D eigenvalue weighted by Crippen LogP contribution is -2.38. The Morgan fingerprint density at radius 3 is 2.62 bits per heavy atom. The first-order valence-corrected chi connectivity index (χ1v) is 8.56. The Kier molecular flexibility index (Phi) is 5.59. The zero-order valence-corrected chi connectivity index (χ0v) is 15.0. The van der Waals surface area contributed by atoms with E-state index < -0.39 is 0 Å². The van der Waals surface area contributed by atoms with Crippen molar-refractivity contribution in [3.8, 4) is 17.6 Å². The quantitative estimate of drug-likeness (QED) is 0.663. The lowest BCUT2D eigenvalue weighted by Gasteiger charge is -2.22. The number of nitrogens with zero attached hydrogens (tertiary/aromatic N) is 3. The predicted octanol–water partition coefficient (Wildman–Crippen LogP) is 2.88. The molecule has 1 aliphatic heterocycles. The normalized spacial score (nSPS) is 12.6. The number of nitrogens with one attached hydrogen (secondary N) is 1. The van der Waals surface area contributed by atoms with E-state index in [0.29, 0.717) is 18.7 Å². The average molecular weight is 350 g/mol. The van der Waals surface area contributed by atoms with Crippen LogP contribution in [0.1, 0.15) is 23.6 Å². The van der Waals surface area contributed by atoms with Crippen LogP contribution in [-0.4, -0.2) is 31.2 Å². The highest BCUT2D eigenvalue weighted by atomic mass is 16.7. The number of aliphatic imine (C=N–C) groups is 1. The number of nitriles is 1. The number of ether oxygens (including phenoxy) is 2. The van der Waals surface area contributed by atoms with Crippen LogP contribution in [0.4, 0.5) is 0 Å². The fraction of sp³-hybridized carbons (Fsp3) is 0.300. The summed E-state index contributed by atoms with van der Waals surface area (Å²) in [5.74, 6) is 2.41. The van der Waals surface area contributed by atoms with Crippen molar-refractivity contribution in [3.05, 3.63) is 59.2 Å². The standard InChI is InChI=1S/C20H22N4O2/c1-3-22-20(23-12-16-6-4-15(11-21)5-7-16)24(2)13-17-8-9-18-19(10-17)26-14-25-18/h4-10H,3,12-14H2,1-2H3,(H,22,23). The molecule has 26 heavy (non-hydrogen) atoms. The second kappa shape index (κ2) is 8.26. The van der Waals surface area contributed by atoms with Crippen LogP contribution in [0.5, 0.6) is 11.5 Å². The van der Waals surface area contributed by atoms with Crippen LogP contribution >= 0.6 is 0 Å². The Labute approximate surface area is 153 Å². The summed E-state index contributed by atoms with van der Waals surface area (Å²) in [4.78, 5) is 6.77. The lowest BCUT2D eigenvalue weighted by atomic mass is 10.1. The Morgan fingerprint density at radius 1 is 1.15 bits per heavy atom. The van der Waals surface area contributed by atoms with E-state index >= 15 is 0 Å². The van der Waals surface area contributed by atoms with Gasteiger partial charge in [0.15, 0.2) is 17.5 Å². The fourth-order valence-electron chi connectivity index (χ4n) is 2.71. The van der Waals surface area contributed by atoms with Gasteiger partial charge in [-0.1, -0.05) is 18.2 Å². The van der Waals surface area contributed by atoms with Crippen molar-refractivity contribution in [2.24, 2.45) is 4.99 Å². The topological polar surface area (TPSA) is 69.9 Å². The van der Waals surface area contributed by atoms with Gasteiger partial charge >= 0.3 is 0 Å². The van der Waals surface area contributed by atoms with Gasteiger partial charge in [0.2, 0.25) is 6.79 Å². The predicted molar refractivity (Wildman–Crippen MR) is 100 cm³/mol. The van der Waals surface area contributed by atoms with Crippen molar-refractivity contribution in [3.63, 3.8) is 0 Å². The minimum Gasteiger partial charge on any atom is -0.454 e. The van der Waals surface area contributed by atoms with Crippen molar-refractivity contribution in [2.75, 3.05) is 20.4 Å². The molecule has 2 aromatic rings. The third-order valence-corrected chi connectivity index (χ3v) is 4.05. The summed E-state index contributed by atoms with van der Waals surface area (Å²) in [6.45, 7) is 4.38. The van der Waals surface area contributed by atoms with Gasteiger partial charge in [-0.3, -0.25) is 0 Å². The summed E-state index contributed by atoms with van der Waals surface area (Å²) in [6, 6.07) is 15.6. The zero-order chi connectivity index (χ0) is 18.4. The molecule has 0 aromatic heterocycles. The van der Waals surface area contributed by atoms with E-state index in [0.717, 1.165) is 35.1 Å². The molecule has 1 aliphatic rings. The number of hydrogen-bond acceptors (Lipinski definition) is 4. The molecule has 1 N–H and O–H groups in total. The van der Waals surface area contributed by atoms with E-state index in [1.807, 2.05) is 56.4 Å². The van der Waals surface area contributed by atoms with Gasteiger partial charge in [0.1, 0.15) is 0 Å². The van der Waals surface area contributed by atoms with Gasteiger partial charge in [0.05, 0.1) is 18.2 Å². The first kappa shape index (κ1) is 17.6. The molecule has 6 heteroatoms. The van der Waals surface area contributed by atoms with Crippen molar-refractivity contribution in [1.82, 2.24) is 10.2 Å². The molecule has 3 rings (SSSR count). The molecule has 1 heterocycles. The van der Waals surface area contributed by atoms with E-state index in [1.54, 1.807) is 0 Å². The minimum absolute atomic E-state index is 0.281. The molecule has 0 fully saturated rings. The Hall–Kier alpha value is -3.20. The molecule has 0 unspecified atom stereocenters. The van der Waals surface area contributed by atoms with Gasteiger partial charge in [-0.15, -0.1) is 0 Å².